The number of ether oxygens (including phenoxy) is 1. The van der Waals surface area contributed by atoms with Gasteiger partial charge in [-0.2, -0.15) is 0 Å². The zero-order chi connectivity index (χ0) is 13.7. The number of carbonyl (C=O) groups excluding carboxylic acids is 1. The molecule has 1 atom stereocenters. The molecule has 0 saturated heterocycles. The van der Waals surface area contributed by atoms with Crippen molar-refractivity contribution in [3.05, 3.63) is 23.2 Å². The van der Waals surface area contributed by atoms with Crippen molar-refractivity contribution < 1.29 is 9.53 Å². The normalized spacial score (nSPS) is 12.0. The van der Waals surface area contributed by atoms with Crippen LogP contribution in [0.4, 0.5) is 5.69 Å². The number of rotatable bonds is 5. The van der Waals surface area contributed by atoms with Crippen LogP contribution in [0.15, 0.2) is 18.2 Å². The number of likely N-dealkylation sites (N-methyl/N-ethyl adjacent to an activating group) is 1. The Morgan fingerprint density at radius 1 is 1.44 bits per heavy atom. The Kier molecular flexibility index (Phi) is 5.28. The fraction of sp³-hybridized carbons (Fsp3) is 0.462. The number of carbonyl (C=O) groups is 1. The number of anilines is 1. The molecule has 0 aromatic heterocycles. The first-order chi connectivity index (χ1) is 8.49. The van der Waals surface area contributed by atoms with Gasteiger partial charge in [-0.15, -0.1) is 0 Å². The molecule has 0 heterocycles. The molecule has 1 aromatic carbocycles. The van der Waals surface area contributed by atoms with Gasteiger partial charge in [-0.3, -0.25) is 4.79 Å². The first kappa shape index (κ1) is 14.6. The van der Waals surface area contributed by atoms with Crippen molar-refractivity contribution in [3.63, 3.8) is 0 Å². The molecule has 1 amide bonds. The summed E-state index contributed by atoms with van der Waals surface area (Å²) >= 11 is 5.99. The van der Waals surface area contributed by atoms with Gasteiger partial charge in [0.1, 0.15) is 5.75 Å². The molecule has 100 valence electrons. The molecule has 1 unspecified atom stereocenters. The minimum atomic E-state index is -0.579. The van der Waals surface area contributed by atoms with E-state index in [4.69, 9.17) is 22.1 Å². The van der Waals surface area contributed by atoms with Gasteiger partial charge in [-0.25, -0.2) is 0 Å². The first-order valence-electron chi connectivity index (χ1n) is 6.00. The number of nitrogens with two attached hydrogens (primary N) is 1. The van der Waals surface area contributed by atoms with Crippen LogP contribution in [0.1, 0.15) is 20.8 Å². The molecule has 0 aliphatic heterocycles. The highest BCUT2D eigenvalue weighted by atomic mass is 35.5. The van der Waals surface area contributed by atoms with Gasteiger partial charge in [-0.05, 0) is 32.9 Å². The van der Waals surface area contributed by atoms with E-state index in [1.54, 1.807) is 30.0 Å². The number of amides is 1. The quantitative estimate of drug-likeness (QED) is 0.837. The molecule has 0 radical (unpaired) electrons. The van der Waals surface area contributed by atoms with Crippen LogP contribution in [-0.2, 0) is 4.79 Å². The monoisotopic (exact) mass is 270 g/mol. The summed E-state index contributed by atoms with van der Waals surface area (Å²) in [5.74, 6) is 0.378. The number of halogens is 1. The highest BCUT2D eigenvalue weighted by molar-refractivity contribution is 6.32. The zero-order valence-corrected chi connectivity index (χ0v) is 11.7. The number of nitrogens with zero attached hydrogens (tertiary/aromatic N) is 1. The van der Waals surface area contributed by atoms with Crippen molar-refractivity contribution in [2.45, 2.75) is 26.9 Å². The highest BCUT2D eigenvalue weighted by Crippen LogP contribution is 2.27. The average molecular weight is 271 g/mol. The Balaban J connectivity index is 2.77. The van der Waals surface area contributed by atoms with Gasteiger partial charge in [-0.1, -0.05) is 11.6 Å². The van der Waals surface area contributed by atoms with Crippen molar-refractivity contribution in [2.75, 3.05) is 18.8 Å². The second kappa shape index (κ2) is 6.50. The Hall–Kier alpha value is -1.42. The summed E-state index contributed by atoms with van der Waals surface area (Å²) < 4.78 is 5.57. The summed E-state index contributed by atoms with van der Waals surface area (Å²) in [5.41, 5.74) is 6.21. The predicted octanol–water partition coefficient (Wildman–Crippen LogP) is 2.56. The number of hydrogen-bond donors (Lipinski definition) is 1. The molecule has 0 spiro atoms. The molecule has 1 rings (SSSR count). The summed E-state index contributed by atoms with van der Waals surface area (Å²) in [7, 11) is 0. The molecule has 0 bridgehead atoms. The van der Waals surface area contributed by atoms with Crippen molar-refractivity contribution >= 4 is 23.2 Å². The second-order valence-corrected chi connectivity index (χ2v) is 4.37. The van der Waals surface area contributed by atoms with E-state index in [9.17, 15) is 4.79 Å². The van der Waals surface area contributed by atoms with Gasteiger partial charge in [0, 0.05) is 24.8 Å². The number of benzene rings is 1. The Morgan fingerprint density at radius 3 is 2.61 bits per heavy atom. The van der Waals surface area contributed by atoms with Gasteiger partial charge >= 0.3 is 0 Å². The molecular weight excluding hydrogens is 252 g/mol. The smallest absolute Gasteiger partial charge is 0.263 e. The Bertz CT molecular complexity index is 419. The molecule has 0 saturated carbocycles. The summed E-state index contributed by atoms with van der Waals surface area (Å²) in [6.45, 7) is 6.89. The lowest BCUT2D eigenvalue weighted by atomic mass is 10.3. The summed E-state index contributed by atoms with van der Waals surface area (Å²) in [6.07, 6.45) is -0.579. The molecule has 4 nitrogen and oxygen atoms in total. The maximum Gasteiger partial charge on any atom is 0.263 e. The molecule has 0 aliphatic carbocycles. The van der Waals surface area contributed by atoms with Gasteiger partial charge in [0.2, 0.25) is 0 Å². The molecule has 18 heavy (non-hydrogen) atoms. The van der Waals surface area contributed by atoms with E-state index in [1.807, 2.05) is 13.8 Å². The average Bonchev–Trinajstić information content (AvgIpc) is 2.35. The van der Waals surface area contributed by atoms with Crippen molar-refractivity contribution in [2.24, 2.45) is 0 Å². The minimum Gasteiger partial charge on any atom is -0.479 e. The van der Waals surface area contributed by atoms with E-state index in [0.717, 1.165) is 0 Å². The van der Waals surface area contributed by atoms with Crippen LogP contribution in [0.2, 0.25) is 5.02 Å². The standard InChI is InChI=1S/C13H19ClN2O2/c1-4-16(5-2)13(17)9(3)18-12-8-10(15)6-7-11(12)14/h6-9H,4-5,15H2,1-3H3. The fourth-order valence-corrected chi connectivity index (χ4v) is 1.81. The van der Waals surface area contributed by atoms with E-state index in [0.29, 0.717) is 29.5 Å². The molecule has 5 heteroatoms. The van der Waals surface area contributed by atoms with Crippen LogP contribution in [0.25, 0.3) is 0 Å². The summed E-state index contributed by atoms with van der Waals surface area (Å²) in [4.78, 5) is 13.7. The molecular formula is C13H19ClN2O2. The topological polar surface area (TPSA) is 55.6 Å². The van der Waals surface area contributed by atoms with Gasteiger partial charge in [0.25, 0.3) is 5.91 Å². The lowest BCUT2D eigenvalue weighted by Gasteiger charge is -2.23. The van der Waals surface area contributed by atoms with Crippen LogP contribution in [0.5, 0.6) is 5.75 Å². The Morgan fingerprint density at radius 2 is 2.06 bits per heavy atom. The lowest BCUT2D eigenvalue weighted by molar-refractivity contribution is -0.137. The van der Waals surface area contributed by atoms with Crippen molar-refractivity contribution in [1.29, 1.82) is 0 Å². The summed E-state index contributed by atoms with van der Waals surface area (Å²) in [5, 5.41) is 0.448. The first-order valence-corrected chi connectivity index (χ1v) is 6.37. The number of nitrogen functional groups attached to an aromatic ring is 1. The van der Waals surface area contributed by atoms with Crippen LogP contribution >= 0.6 is 11.6 Å². The molecule has 1 aromatic rings. The van der Waals surface area contributed by atoms with Crippen LogP contribution in [0, 0.1) is 0 Å². The Labute approximate surface area is 113 Å². The minimum absolute atomic E-state index is 0.0570. The lowest BCUT2D eigenvalue weighted by Crippen LogP contribution is -2.40. The molecule has 0 fully saturated rings. The van der Waals surface area contributed by atoms with E-state index in [1.165, 1.54) is 0 Å². The van der Waals surface area contributed by atoms with Crippen LogP contribution < -0.4 is 10.5 Å². The highest BCUT2D eigenvalue weighted by Gasteiger charge is 2.20. The second-order valence-electron chi connectivity index (χ2n) is 3.96. The van der Waals surface area contributed by atoms with Gasteiger partial charge < -0.3 is 15.4 Å². The van der Waals surface area contributed by atoms with Crippen LogP contribution in [-0.4, -0.2) is 30.0 Å². The largest absolute Gasteiger partial charge is 0.479 e. The third kappa shape index (κ3) is 3.53. The van der Waals surface area contributed by atoms with Gasteiger partial charge in [0.05, 0.1) is 5.02 Å². The molecule has 0 aliphatic rings. The third-order valence-corrected chi connectivity index (χ3v) is 2.99. The van der Waals surface area contributed by atoms with Crippen molar-refractivity contribution in [1.82, 2.24) is 4.90 Å². The maximum absolute atomic E-state index is 12.0. The van der Waals surface area contributed by atoms with E-state index in [2.05, 4.69) is 0 Å². The SMILES string of the molecule is CCN(CC)C(=O)C(C)Oc1cc(N)ccc1Cl. The molecule has 2 N–H and O–H groups in total. The van der Waals surface area contributed by atoms with Crippen molar-refractivity contribution in [3.8, 4) is 5.75 Å². The fourth-order valence-electron chi connectivity index (χ4n) is 1.64. The summed E-state index contributed by atoms with van der Waals surface area (Å²) in [6, 6.07) is 4.96. The third-order valence-electron chi connectivity index (χ3n) is 2.68. The van der Waals surface area contributed by atoms with E-state index >= 15 is 0 Å². The maximum atomic E-state index is 12.0. The van der Waals surface area contributed by atoms with E-state index < -0.39 is 6.10 Å². The predicted molar refractivity (Wildman–Crippen MR) is 73.9 cm³/mol. The van der Waals surface area contributed by atoms with Gasteiger partial charge in [0.15, 0.2) is 6.10 Å². The van der Waals surface area contributed by atoms with E-state index in [-0.39, 0.29) is 5.91 Å². The number of hydrogen-bond acceptors (Lipinski definition) is 3. The zero-order valence-electron chi connectivity index (χ0n) is 10.9. The van der Waals surface area contributed by atoms with Crippen LogP contribution in [0.3, 0.4) is 0 Å².